The van der Waals surface area contributed by atoms with Crippen LogP contribution in [0.4, 0.5) is 0 Å². The monoisotopic (exact) mass is 262 g/mol. The lowest BCUT2D eigenvalue weighted by Gasteiger charge is -2.20. The molecule has 1 aromatic carbocycles. The molecule has 104 valence electrons. The van der Waals surface area contributed by atoms with Crippen molar-refractivity contribution in [2.45, 2.75) is 45.8 Å². The molecule has 0 aromatic heterocycles. The molecule has 0 N–H and O–H groups in total. The van der Waals surface area contributed by atoms with E-state index in [1.165, 1.54) is 12.7 Å². The van der Waals surface area contributed by atoms with Crippen molar-refractivity contribution in [3.63, 3.8) is 0 Å². The molecule has 2 atom stereocenters. The molecule has 1 aromatic rings. The summed E-state index contributed by atoms with van der Waals surface area (Å²) in [5.74, 6) is -0.226. The molecule has 0 amide bonds. The third kappa shape index (κ3) is 1.79. The van der Waals surface area contributed by atoms with Crippen molar-refractivity contribution in [2.24, 2.45) is 5.92 Å². The highest BCUT2D eigenvalue weighted by Crippen LogP contribution is 2.60. The van der Waals surface area contributed by atoms with Crippen molar-refractivity contribution in [3.05, 3.63) is 34.9 Å². The maximum Gasteiger partial charge on any atom is 0.341 e. The second kappa shape index (κ2) is 4.34. The number of carbonyl (C=O) groups excluding carboxylic acids is 1. The Morgan fingerprint density at radius 3 is 2.47 bits per heavy atom. The first-order valence-electron chi connectivity index (χ1n) is 6.66. The van der Waals surface area contributed by atoms with Crippen LogP contribution in [-0.2, 0) is 19.9 Å². The first-order chi connectivity index (χ1) is 8.79. The van der Waals surface area contributed by atoms with E-state index < -0.39 is 11.2 Å². The number of epoxide rings is 1. The van der Waals surface area contributed by atoms with Crippen LogP contribution in [0.3, 0.4) is 0 Å². The molecule has 0 bridgehead atoms. The Hall–Kier alpha value is -1.35. The van der Waals surface area contributed by atoms with E-state index in [0.29, 0.717) is 0 Å². The number of aryl methyl sites for hydroxylation is 2. The fraction of sp³-hybridized carbons (Fsp3) is 0.562. The zero-order chi connectivity index (χ0) is 14.4. The van der Waals surface area contributed by atoms with Crippen LogP contribution in [0.15, 0.2) is 18.2 Å². The van der Waals surface area contributed by atoms with Gasteiger partial charge in [0.1, 0.15) is 5.60 Å². The average Bonchev–Trinajstić information content (AvgIpc) is 3.00. The van der Waals surface area contributed by atoms with Crippen LogP contribution in [0, 0.1) is 19.8 Å². The lowest BCUT2D eigenvalue weighted by Crippen LogP contribution is -2.38. The van der Waals surface area contributed by atoms with Crippen LogP contribution in [-0.4, -0.2) is 18.7 Å². The minimum Gasteiger partial charge on any atom is -0.467 e. The molecule has 3 nitrogen and oxygen atoms in total. The Bertz CT molecular complexity index is 521. The zero-order valence-corrected chi connectivity index (χ0v) is 12.5. The molecule has 3 heteroatoms. The summed E-state index contributed by atoms with van der Waals surface area (Å²) in [4.78, 5) is 12.2. The molecule has 0 saturated carbocycles. The number of hydrogen-bond donors (Lipinski definition) is 0. The molecule has 1 saturated heterocycles. The number of ether oxygens (including phenoxy) is 2. The molecule has 19 heavy (non-hydrogen) atoms. The van der Waals surface area contributed by atoms with Gasteiger partial charge in [0.25, 0.3) is 0 Å². The van der Waals surface area contributed by atoms with E-state index >= 15 is 0 Å². The van der Waals surface area contributed by atoms with E-state index in [1.54, 1.807) is 0 Å². The Labute approximate surface area is 114 Å². The smallest absolute Gasteiger partial charge is 0.341 e. The molecule has 1 aliphatic heterocycles. The van der Waals surface area contributed by atoms with E-state index in [9.17, 15) is 4.79 Å². The van der Waals surface area contributed by atoms with Gasteiger partial charge in [0.15, 0.2) is 0 Å². The van der Waals surface area contributed by atoms with Gasteiger partial charge in [-0.05, 0) is 37.8 Å². The van der Waals surface area contributed by atoms with Crippen LogP contribution in [0.25, 0.3) is 0 Å². The number of hydrogen-bond acceptors (Lipinski definition) is 3. The van der Waals surface area contributed by atoms with Crippen molar-refractivity contribution in [2.75, 3.05) is 7.11 Å². The predicted molar refractivity (Wildman–Crippen MR) is 73.9 cm³/mol. The molecule has 2 unspecified atom stereocenters. The average molecular weight is 262 g/mol. The normalized spacial score (nSPS) is 29.4. The van der Waals surface area contributed by atoms with Gasteiger partial charge in [-0.1, -0.05) is 37.6 Å². The minimum absolute atomic E-state index is 0.0601. The maximum absolute atomic E-state index is 12.2. The number of esters is 1. The van der Waals surface area contributed by atoms with Gasteiger partial charge in [0.2, 0.25) is 5.60 Å². The number of methoxy groups -OCH3 is 1. The Balaban J connectivity index is 2.51. The van der Waals surface area contributed by atoms with Crippen LogP contribution in [0.2, 0.25) is 0 Å². The largest absolute Gasteiger partial charge is 0.467 e. The highest BCUT2D eigenvalue weighted by molar-refractivity contribution is 5.85. The van der Waals surface area contributed by atoms with Gasteiger partial charge >= 0.3 is 5.97 Å². The van der Waals surface area contributed by atoms with Gasteiger partial charge in [-0.3, -0.25) is 0 Å². The maximum atomic E-state index is 12.2. The number of carbonyl (C=O) groups is 1. The third-order valence-electron chi connectivity index (χ3n) is 4.24. The zero-order valence-electron chi connectivity index (χ0n) is 12.5. The second-order valence-corrected chi connectivity index (χ2v) is 5.84. The Kier molecular flexibility index (Phi) is 3.21. The van der Waals surface area contributed by atoms with Gasteiger partial charge in [-0.2, -0.15) is 0 Å². The predicted octanol–water partition coefficient (Wildman–Crippen LogP) is 3.12. The quantitative estimate of drug-likeness (QED) is 0.620. The van der Waals surface area contributed by atoms with E-state index in [4.69, 9.17) is 9.47 Å². The number of benzene rings is 1. The van der Waals surface area contributed by atoms with Gasteiger partial charge in [0, 0.05) is 0 Å². The molecule has 0 aliphatic carbocycles. The molecule has 2 rings (SSSR count). The Morgan fingerprint density at radius 2 is 1.95 bits per heavy atom. The summed E-state index contributed by atoms with van der Waals surface area (Å²) in [7, 11) is 1.41. The van der Waals surface area contributed by atoms with Gasteiger partial charge in [0.05, 0.1) is 7.11 Å². The fourth-order valence-corrected chi connectivity index (χ4v) is 3.09. The first-order valence-corrected chi connectivity index (χ1v) is 6.66. The lowest BCUT2D eigenvalue weighted by atomic mass is 9.78. The molecule has 1 heterocycles. The lowest BCUT2D eigenvalue weighted by molar-refractivity contribution is -0.148. The summed E-state index contributed by atoms with van der Waals surface area (Å²) in [6.07, 6.45) is 0. The minimum atomic E-state index is -0.861. The SMILES string of the molecule is COC(=O)C1(C(C)C)OC1(C)c1cc(C)ccc1C. The number of rotatable bonds is 3. The highest BCUT2D eigenvalue weighted by atomic mass is 16.7. The van der Waals surface area contributed by atoms with Gasteiger partial charge in [-0.25, -0.2) is 4.79 Å². The van der Waals surface area contributed by atoms with E-state index in [-0.39, 0.29) is 11.9 Å². The second-order valence-electron chi connectivity index (χ2n) is 5.84. The molecular weight excluding hydrogens is 240 g/mol. The van der Waals surface area contributed by atoms with E-state index in [0.717, 1.165) is 11.1 Å². The molecule has 0 spiro atoms. The van der Waals surface area contributed by atoms with E-state index in [2.05, 4.69) is 18.2 Å². The van der Waals surface area contributed by atoms with Gasteiger partial charge < -0.3 is 9.47 Å². The summed E-state index contributed by atoms with van der Waals surface area (Å²) in [5, 5.41) is 0. The summed E-state index contributed by atoms with van der Waals surface area (Å²) in [6.45, 7) is 10.1. The van der Waals surface area contributed by atoms with Crippen molar-refractivity contribution in [1.29, 1.82) is 0 Å². The summed E-state index contributed by atoms with van der Waals surface area (Å²) in [5.41, 5.74) is 1.93. The van der Waals surface area contributed by atoms with Gasteiger partial charge in [-0.15, -0.1) is 0 Å². The van der Waals surface area contributed by atoms with Crippen molar-refractivity contribution in [3.8, 4) is 0 Å². The molecular formula is C16H22O3. The van der Waals surface area contributed by atoms with E-state index in [1.807, 2.05) is 34.6 Å². The third-order valence-corrected chi connectivity index (χ3v) is 4.24. The summed E-state index contributed by atoms with van der Waals surface area (Å²) >= 11 is 0. The molecule has 1 fully saturated rings. The Morgan fingerprint density at radius 1 is 1.32 bits per heavy atom. The first kappa shape index (κ1) is 14.1. The van der Waals surface area contributed by atoms with Crippen molar-refractivity contribution < 1.29 is 14.3 Å². The fourth-order valence-electron chi connectivity index (χ4n) is 3.09. The van der Waals surface area contributed by atoms with Crippen molar-refractivity contribution in [1.82, 2.24) is 0 Å². The summed E-state index contributed by atoms with van der Waals surface area (Å²) in [6, 6.07) is 6.24. The standard InChI is InChI=1S/C16H22O3/c1-10(2)16(14(17)18-6)15(5,19-16)13-9-11(3)7-8-12(13)4/h7-10H,1-6H3. The van der Waals surface area contributed by atoms with Crippen LogP contribution in [0.1, 0.15) is 37.5 Å². The van der Waals surface area contributed by atoms with Crippen LogP contribution < -0.4 is 0 Å². The topological polar surface area (TPSA) is 38.8 Å². The van der Waals surface area contributed by atoms with Crippen molar-refractivity contribution >= 4 is 5.97 Å². The molecule has 1 aliphatic rings. The summed E-state index contributed by atoms with van der Waals surface area (Å²) < 4.78 is 10.9. The van der Waals surface area contributed by atoms with Crippen LogP contribution >= 0.6 is 0 Å². The van der Waals surface area contributed by atoms with Crippen LogP contribution in [0.5, 0.6) is 0 Å². The molecule has 0 radical (unpaired) electrons. The highest BCUT2D eigenvalue weighted by Gasteiger charge is 2.75.